The van der Waals surface area contributed by atoms with E-state index in [1.807, 2.05) is 31.2 Å². The van der Waals surface area contributed by atoms with Gasteiger partial charge in [-0.2, -0.15) is 0 Å². The summed E-state index contributed by atoms with van der Waals surface area (Å²) in [6.07, 6.45) is 5.36. The van der Waals surface area contributed by atoms with Crippen LogP contribution in [0.5, 0.6) is 5.75 Å². The van der Waals surface area contributed by atoms with Gasteiger partial charge in [-0.3, -0.25) is 4.79 Å². The average Bonchev–Trinajstić information content (AvgIpc) is 2.93. The molecule has 2 saturated heterocycles. The van der Waals surface area contributed by atoms with Crippen LogP contribution in [0, 0.1) is 5.92 Å². The summed E-state index contributed by atoms with van der Waals surface area (Å²) in [6.45, 7) is 6.88. The number of benzene rings is 2. The zero-order valence-corrected chi connectivity index (χ0v) is 20.6. The summed E-state index contributed by atoms with van der Waals surface area (Å²) < 4.78 is 5.49. The first-order chi connectivity index (χ1) is 17.2. The molecule has 1 amide bonds. The van der Waals surface area contributed by atoms with E-state index in [1.54, 1.807) is 0 Å². The normalized spacial score (nSPS) is 16.9. The van der Waals surface area contributed by atoms with E-state index in [1.165, 1.54) is 24.6 Å². The molecule has 7 heteroatoms. The van der Waals surface area contributed by atoms with Crippen molar-refractivity contribution >= 4 is 28.3 Å². The summed E-state index contributed by atoms with van der Waals surface area (Å²) in [5.41, 5.74) is 1.08. The molecular weight excluding hydrogens is 438 g/mol. The largest absolute Gasteiger partial charge is 0.494 e. The first-order valence-corrected chi connectivity index (χ1v) is 13.0. The predicted octanol–water partition coefficient (Wildman–Crippen LogP) is 4.55. The van der Waals surface area contributed by atoms with Gasteiger partial charge in [-0.05, 0) is 56.7 Å². The van der Waals surface area contributed by atoms with Crippen LogP contribution in [0.2, 0.25) is 0 Å². The van der Waals surface area contributed by atoms with Crippen molar-refractivity contribution in [3.63, 3.8) is 0 Å². The smallest absolute Gasteiger partial charge is 0.223 e. The van der Waals surface area contributed by atoms with E-state index in [0.717, 1.165) is 67.4 Å². The van der Waals surface area contributed by atoms with Gasteiger partial charge in [-0.25, -0.2) is 0 Å². The van der Waals surface area contributed by atoms with Crippen LogP contribution in [0.4, 0.5) is 11.6 Å². The first-order valence-electron chi connectivity index (χ1n) is 13.0. The lowest BCUT2D eigenvalue weighted by Crippen LogP contribution is -2.41. The van der Waals surface area contributed by atoms with Crippen LogP contribution in [-0.2, 0) is 11.3 Å². The number of carbonyl (C=O) groups excluding carboxylic acids is 1. The number of hydrogen-bond acceptors (Lipinski definition) is 6. The van der Waals surface area contributed by atoms with E-state index < -0.39 is 0 Å². The Kier molecular flexibility index (Phi) is 7.31. The second-order valence-corrected chi connectivity index (χ2v) is 9.50. The van der Waals surface area contributed by atoms with Gasteiger partial charge >= 0.3 is 0 Å². The summed E-state index contributed by atoms with van der Waals surface area (Å²) in [6, 6.07) is 16.4. The summed E-state index contributed by atoms with van der Waals surface area (Å²) in [5, 5.41) is 14.8. The topological polar surface area (TPSA) is 70.6 Å². The van der Waals surface area contributed by atoms with Gasteiger partial charge in [-0.15, -0.1) is 10.2 Å². The van der Waals surface area contributed by atoms with Crippen molar-refractivity contribution in [2.75, 3.05) is 42.6 Å². The van der Waals surface area contributed by atoms with Gasteiger partial charge in [-0.1, -0.05) is 36.4 Å². The summed E-state index contributed by atoms with van der Waals surface area (Å²) >= 11 is 0. The zero-order chi connectivity index (χ0) is 24.0. The molecule has 0 radical (unpaired) electrons. The van der Waals surface area contributed by atoms with Gasteiger partial charge in [0, 0.05) is 49.4 Å². The Hall–Kier alpha value is -3.35. The number of nitrogens with one attached hydrogen (secondary N) is 1. The molecular formula is C28H35N5O2. The highest BCUT2D eigenvalue weighted by molar-refractivity contribution is 5.99. The SMILES string of the molecule is CCOc1ccc(CNC(=O)C2CCN(c3nnc(N4CCCCC4)c4ccccc34)CC2)cc1. The van der Waals surface area contributed by atoms with Crippen LogP contribution < -0.4 is 19.9 Å². The highest BCUT2D eigenvalue weighted by Crippen LogP contribution is 2.33. The maximum absolute atomic E-state index is 12.8. The van der Waals surface area contributed by atoms with E-state index >= 15 is 0 Å². The predicted molar refractivity (Wildman–Crippen MR) is 140 cm³/mol. The van der Waals surface area contributed by atoms with Crippen molar-refractivity contribution in [2.24, 2.45) is 5.92 Å². The van der Waals surface area contributed by atoms with Crippen LogP contribution in [0.25, 0.3) is 10.8 Å². The van der Waals surface area contributed by atoms with Crippen LogP contribution in [0.1, 0.15) is 44.6 Å². The van der Waals surface area contributed by atoms with E-state index in [4.69, 9.17) is 9.84 Å². The van der Waals surface area contributed by atoms with Crippen molar-refractivity contribution < 1.29 is 9.53 Å². The number of ether oxygens (including phenoxy) is 1. The average molecular weight is 474 g/mol. The molecule has 2 aromatic carbocycles. The molecule has 3 aromatic rings. The monoisotopic (exact) mass is 473 g/mol. The van der Waals surface area contributed by atoms with E-state index in [0.29, 0.717) is 13.2 Å². The summed E-state index contributed by atoms with van der Waals surface area (Å²) in [5.74, 6) is 2.97. The van der Waals surface area contributed by atoms with Crippen molar-refractivity contribution in [1.82, 2.24) is 15.5 Å². The first kappa shape index (κ1) is 23.4. The number of amides is 1. The third-order valence-corrected chi connectivity index (χ3v) is 7.17. The van der Waals surface area contributed by atoms with E-state index in [2.05, 4.69) is 44.5 Å². The molecule has 2 fully saturated rings. The lowest BCUT2D eigenvalue weighted by Gasteiger charge is -2.33. The maximum Gasteiger partial charge on any atom is 0.223 e. The van der Waals surface area contributed by atoms with Gasteiger partial charge in [0.1, 0.15) is 5.75 Å². The second kappa shape index (κ2) is 10.9. The number of nitrogens with zero attached hydrogens (tertiary/aromatic N) is 4. The minimum Gasteiger partial charge on any atom is -0.494 e. The van der Waals surface area contributed by atoms with Gasteiger partial charge in [0.2, 0.25) is 5.91 Å². The maximum atomic E-state index is 12.8. The van der Waals surface area contributed by atoms with Crippen LogP contribution in [0.15, 0.2) is 48.5 Å². The number of rotatable bonds is 7. The summed E-state index contributed by atoms with van der Waals surface area (Å²) in [4.78, 5) is 17.5. The number of carbonyl (C=O) groups is 1. The fourth-order valence-electron chi connectivity index (χ4n) is 5.21. The molecule has 2 aliphatic heterocycles. The molecule has 0 saturated carbocycles. The molecule has 1 aromatic heterocycles. The third kappa shape index (κ3) is 5.34. The molecule has 184 valence electrons. The van der Waals surface area contributed by atoms with Gasteiger partial charge in [0.05, 0.1) is 6.61 Å². The third-order valence-electron chi connectivity index (χ3n) is 7.17. The molecule has 0 spiro atoms. The van der Waals surface area contributed by atoms with E-state index in [9.17, 15) is 4.79 Å². The molecule has 0 aliphatic carbocycles. The Balaban J connectivity index is 1.20. The quantitative estimate of drug-likeness (QED) is 0.543. The van der Waals surface area contributed by atoms with Crippen LogP contribution in [0.3, 0.4) is 0 Å². The summed E-state index contributed by atoms with van der Waals surface area (Å²) in [7, 11) is 0. The molecule has 0 unspecified atom stereocenters. The van der Waals surface area contributed by atoms with Gasteiger partial charge in [0.15, 0.2) is 11.6 Å². The second-order valence-electron chi connectivity index (χ2n) is 9.50. The highest BCUT2D eigenvalue weighted by Gasteiger charge is 2.27. The van der Waals surface area contributed by atoms with Crippen molar-refractivity contribution in [3.8, 4) is 5.75 Å². The Morgan fingerprint density at radius 1 is 0.886 bits per heavy atom. The number of piperidine rings is 2. The minimum atomic E-state index is 0.0285. The Morgan fingerprint density at radius 2 is 1.49 bits per heavy atom. The highest BCUT2D eigenvalue weighted by atomic mass is 16.5. The fraction of sp³-hybridized carbons (Fsp3) is 0.464. The molecule has 0 bridgehead atoms. The number of fused-ring (bicyclic) bond motifs is 1. The molecule has 5 rings (SSSR count). The van der Waals surface area contributed by atoms with Crippen LogP contribution >= 0.6 is 0 Å². The van der Waals surface area contributed by atoms with E-state index in [-0.39, 0.29) is 11.8 Å². The van der Waals surface area contributed by atoms with Crippen molar-refractivity contribution in [3.05, 3.63) is 54.1 Å². The van der Waals surface area contributed by atoms with Gasteiger partial charge in [0.25, 0.3) is 0 Å². The molecule has 7 nitrogen and oxygen atoms in total. The van der Waals surface area contributed by atoms with Crippen molar-refractivity contribution in [1.29, 1.82) is 0 Å². The Morgan fingerprint density at radius 3 is 2.09 bits per heavy atom. The van der Waals surface area contributed by atoms with Crippen molar-refractivity contribution in [2.45, 2.75) is 45.6 Å². The number of anilines is 2. The molecule has 1 N–H and O–H groups in total. The fourth-order valence-corrected chi connectivity index (χ4v) is 5.21. The molecule has 35 heavy (non-hydrogen) atoms. The molecule has 0 atom stereocenters. The minimum absolute atomic E-state index is 0.0285. The number of aromatic nitrogens is 2. The Bertz CT molecular complexity index is 1140. The van der Waals surface area contributed by atoms with Gasteiger partial charge < -0.3 is 19.9 Å². The Labute approximate surface area is 207 Å². The van der Waals surface area contributed by atoms with Crippen LogP contribution in [-0.4, -0.2) is 48.9 Å². The lowest BCUT2D eigenvalue weighted by atomic mass is 9.95. The standard InChI is InChI=1S/C28H35N5O2/c1-2-35-23-12-10-21(11-13-23)20-29-28(34)22-14-18-33(19-15-22)27-25-9-5-4-8-24(25)26(30-31-27)32-16-6-3-7-17-32/h4-5,8-13,22H,2-3,6-7,14-20H2,1H3,(H,29,34). The number of hydrogen-bond donors (Lipinski definition) is 1. The lowest BCUT2D eigenvalue weighted by molar-refractivity contribution is -0.125. The molecule has 3 heterocycles. The zero-order valence-electron chi connectivity index (χ0n) is 20.6. The molecule has 2 aliphatic rings.